The summed E-state index contributed by atoms with van der Waals surface area (Å²) in [6, 6.07) is 8.85. The summed E-state index contributed by atoms with van der Waals surface area (Å²) >= 11 is 0. The van der Waals surface area contributed by atoms with E-state index < -0.39 is 29.3 Å². The fourth-order valence-corrected chi connectivity index (χ4v) is 3.59. The largest absolute Gasteiger partial charge is 0.493 e. The molecule has 10 heteroatoms. The van der Waals surface area contributed by atoms with Crippen LogP contribution in [0.2, 0.25) is 0 Å². The minimum atomic E-state index is -0.681. The lowest BCUT2D eigenvalue weighted by Gasteiger charge is -2.35. The number of rotatable bonds is 6. The molecule has 0 radical (unpaired) electrons. The van der Waals surface area contributed by atoms with Gasteiger partial charge in [0.2, 0.25) is 0 Å². The highest BCUT2D eigenvalue weighted by Crippen LogP contribution is 2.31. The Hall–Kier alpha value is -3.82. The highest BCUT2D eigenvalue weighted by atomic mass is 19.1. The van der Waals surface area contributed by atoms with Crippen molar-refractivity contribution in [2.45, 2.75) is 33.0 Å². The maximum Gasteiger partial charge on any atom is 0.410 e. The van der Waals surface area contributed by atoms with Gasteiger partial charge in [0.25, 0.3) is 11.8 Å². The van der Waals surface area contributed by atoms with Crippen molar-refractivity contribution in [1.82, 2.24) is 9.80 Å². The van der Waals surface area contributed by atoms with Crippen LogP contribution in [0.5, 0.6) is 11.5 Å². The quantitative estimate of drug-likeness (QED) is 0.670. The van der Waals surface area contributed by atoms with E-state index in [9.17, 15) is 18.8 Å². The Morgan fingerprint density at radius 2 is 1.66 bits per heavy atom. The number of amides is 3. The predicted octanol–water partition coefficient (Wildman–Crippen LogP) is 3.21. The zero-order valence-corrected chi connectivity index (χ0v) is 20.3. The molecular weight excluding hydrogens is 457 g/mol. The molecule has 3 amide bonds. The first-order valence-electron chi connectivity index (χ1n) is 11.2. The van der Waals surface area contributed by atoms with Gasteiger partial charge in [-0.1, -0.05) is 12.1 Å². The predicted molar refractivity (Wildman–Crippen MR) is 126 cm³/mol. The number of piperazine rings is 1. The number of hydrogen-bond acceptors (Lipinski definition) is 6. The van der Waals surface area contributed by atoms with Crippen molar-refractivity contribution in [3.8, 4) is 11.5 Å². The van der Waals surface area contributed by atoms with Gasteiger partial charge in [0.15, 0.2) is 11.5 Å². The second kappa shape index (κ2) is 10.6. The Morgan fingerprint density at radius 1 is 1.00 bits per heavy atom. The number of halogens is 1. The molecule has 1 aliphatic rings. The number of methoxy groups -OCH3 is 1. The molecule has 1 heterocycles. The summed E-state index contributed by atoms with van der Waals surface area (Å²) in [7, 11) is 1.43. The van der Waals surface area contributed by atoms with Crippen LogP contribution in [0.25, 0.3) is 0 Å². The molecule has 3 rings (SSSR count). The van der Waals surface area contributed by atoms with Crippen LogP contribution in [0.15, 0.2) is 36.4 Å². The molecule has 188 valence electrons. The smallest absolute Gasteiger partial charge is 0.410 e. The van der Waals surface area contributed by atoms with Gasteiger partial charge in [0.1, 0.15) is 18.0 Å². The highest BCUT2D eigenvalue weighted by molar-refractivity contribution is 5.96. The Bertz CT molecular complexity index is 1110. The first-order valence-corrected chi connectivity index (χ1v) is 11.2. The van der Waals surface area contributed by atoms with Crippen molar-refractivity contribution in [3.05, 3.63) is 58.9 Å². The first kappa shape index (κ1) is 25.8. The van der Waals surface area contributed by atoms with Gasteiger partial charge < -0.3 is 29.7 Å². The van der Waals surface area contributed by atoms with E-state index in [1.807, 2.05) is 0 Å². The Kier molecular flexibility index (Phi) is 7.83. The van der Waals surface area contributed by atoms with E-state index in [0.717, 1.165) is 0 Å². The molecule has 0 aliphatic carbocycles. The number of nitrogens with two attached hydrogens (primary N) is 1. The molecule has 1 aliphatic heterocycles. The molecule has 1 saturated heterocycles. The first-order chi connectivity index (χ1) is 16.5. The minimum absolute atomic E-state index is 0.0480. The number of nitrogens with zero attached hydrogens (tertiary/aromatic N) is 2. The van der Waals surface area contributed by atoms with Crippen molar-refractivity contribution in [2.75, 3.05) is 33.3 Å². The van der Waals surface area contributed by atoms with E-state index >= 15 is 0 Å². The van der Waals surface area contributed by atoms with Crippen molar-refractivity contribution in [1.29, 1.82) is 0 Å². The van der Waals surface area contributed by atoms with Gasteiger partial charge in [-0.05, 0) is 50.6 Å². The number of primary amides is 1. The summed E-state index contributed by atoms with van der Waals surface area (Å²) in [6.07, 6.45) is -0.443. The van der Waals surface area contributed by atoms with Gasteiger partial charge in [0, 0.05) is 26.2 Å². The van der Waals surface area contributed by atoms with E-state index in [2.05, 4.69) is 0 Å². The number of carbonyl (C=O) groups is 3. The lowest BCUT2D eigenvalue weighted by atomic mass is 10.1. The van der Waals surface area contributed by atoms with Gasteiger partial charge >= 0.3 is 6.09 Å². The van der Waals surface area contributed by atoms with Crippen LogP contribution in [-0.4, -0.2) is 66.6 Å². The zero-order valence-electron chi connectivity index (χ0n) is 20.3. The number of hydrogen-bond donors (Lipinski definition) is 1. The van der Waals surface area contributed by atoms with Crippen LogP contribution in [-0.2, 0) is 11.3 Å². The third-order valence-electron chi connectivity index (χ3n) is 5.33. The van der Waals surface area contributed by atoms with Crippen molar-refractivity contribution >= 4 is 17.9 Å². The lowest BCUT2D eigenvalue weighted by molar-refractivity contribution is 0.0140. The standard InChI is InChI=1S/C25H30FN3O6/c1-25(2,3)35-24(32)29-12-10-28(11-13-29)23(31)18-14-16(8-9-19(18)26)15-34-21-17(22(27)30)6-5-7-20(21)33-4/h5-9,14H,10-13,15H2,1-4H3,(H2,27,30). The van der Waals surface area contributed by atoms with Crippen molar-refractivity contribution in [2.24, 2.45) is 5.73 Å². The van der Waals surface area contributed by atoms with E-state index in [4.69, 9.17) is 19.9 Å². The molecule has 2 aromatic rings. The van der Waals surface area contributed by atoms with Crippen LogP contribution in [0.1, 0.15) is 47.1 Å². The molecule has 0 bridgehead atoms. The van der Waals surface area contributed by atoms with E-state index in [0.29, 0.717) is 11.3 Å². The summed E-state index contributed by atoms with van der Waals surface area (Å²) in [5, 5.41) is 0. The second-order valence-corrected chi connectivity index (χ2v) is 9.06. The molecular formula is C25H30FN3O6. The maximum absolute atomic E-state index is 14.6. The zero-order chi connectivity index (χ0) is 25.8. The Morgan fingerprint density at radius 3 is 2.26 bits per heavy atom. The molecule has 2 aromatic carbocycles. The fourth-order valence-electron chi connectivity index (χ4n) is 3.59. The summed E-state index contributed by atoms with van der Waals surface area (Å²) in [5.74, 6) is -1.34. The van der Waals surface area contributed by atoms with Crippen LogP contribution in [0.3, 0.4) is 0 Å². The van der Waals surface area contributed by atoms with Gasteiger partial charge in [-0.2, -0.15) is 0 Å². The molecule has 9 nitrogen and oxygen atoms in total. The average molecular weight is 488 g/mol. The van der Waals surface area contributed by atoms with Gasteiger partial charge in [-0.3, -0.25) is 9.59 Å². The number of para-hydroxylation sites is 1. The fraction of sp³-hybridized carbons (Fsp3) is 0.400. The summed E-state index contributed by atoms with van der Waals surface area (Å²) in [6.45, 7) is 6.38. The van der Waals surface area contributed by atoms with Crippen molar-refractivity contribution in [3.63, 3.8) is 0 Å². The van der Waals surface area contributed by atoms with E-state index in [1.54, 1.807) is 32.9 Å². The second-order valence-electron chi connectivity index (χ2n) is 9.06. The third kappa shape index (κ3) is 6.40. The van der Waals surface area contributed by atoms with Crippen LogP contribution >= 0.6 is 0 Å². The number of carbonyl (C=O) groups excluding carboxylic acids is 3. The average Bonchev–Trinajstić information content (AvgIpc) is 2.81. The van der Waals surface area contributed by atoms with Crippen molar-refractivity contribution < 1.29 is 33.0 Å². The summed E-state index contributed by atoms with van der Waals surface area (Å²) in [4.78, 5) is 40.0. The third-order valence-corrected chi connectivity index (χ3v) is 5.33. The van der Waals surface area contributed by atoms with E-state index in [-0.39, 0.29) is 49.7 Å². The highest BCUT2D eigenvalue weighted by Gasteiger charge is 2.29. The minimum Gasteiger partial charge on any atom is -0.493 e. The molecule has 0 saturated carbocycles. The SMILES string of the molecule is COc1cccc(C(N)=O)c1OCc1ccc(F)c(C(=O)N2CCN(C(=O)OC(C)(C)C)CC2)c1. The molecule has 35 heavy (non-hydrogen) atoms. The van der Waals surface area contributed by atoms with Gasteiger partial charge in [-0.15, -0.1) is 0 Å². The van der Waals surface area contributed by atoms with Crippen LogP contribution in [0, 0.1) is 5.82 Å². The van der Waals surface area contributed by atoms with Crippen LogP contribution in [0.4, 0.5) is 9.18 Å². The Balaban J connectivity index is 1.69. The Labute approximate surface area is 203 Å². The molecule has 0 aromatic heterocycles. The van der Waals surface area contributed by atoms with Gasteiger partial charge in [-0.25, -0.2) is 9.18 Å². The lowest BCUT2D eigenvalue weighted by Crippen LogP contribution is -2.51. The molecule has 0 spiro atoms. The summed E-state index contributed by atoms with van der Waals surface area (Å²) < 4.78 is 31.0. The topological polar surface area (TPSA) is 111 Å². The monoisotopic (exact) mass is 487 g/mol. The normalized spacial score (nSPS) is 13.9. The molecule has 0 unspecified atom stereocenters. The molecule has 1 fully saturated rings. The molecule has 0 atom stereocenters. The number of ether oxygens (including phenoxy) is 3. The van der Waals surface area contributed by atoms with Crippen LogP contribution < -0.4 is 15.2 Å². The van der Waals surface area contributed by atoms with Gasteiger partial charge in [0.05, 0.1) is 18.2 Å². The maximum atomic E-state index is 14.6. The summed E-state index contributed by atoms with van der Waals surface area (Å²) in [5.41, 5.74) is 5.37. The van der Waals surface area contributed by atoms with E-state index in [1.165, 1.54) is 41.2 Å². The number of benzene rings is 2. The molecule has 2 N–H and O–H groups in total.